The van der Waals surface area contributed by atoms with E-state index in [1.165, 1.54) is 39.4 Å². The van der Waals surface area contributed by atoms with Gasteiger partial charge in [0.15, 0.2) is 0 Å². The van der Waals surface area contributed by atoms with Gasteiger partial charge in [0.1, 0.15) is 17.3 Å². The van der Waals surface area contributed by atoms with Crippen LogP contribution in [0.1, 0.15) is 27.6 Å². The molecule has 0 saturated carbocycles. The van der Waals surface area contributed by atoms with E-state index in [0.717, 1.165) is 9.87 Å². The van der Waals surface area contributed by atoms with Crippen molar-refractivity contribution in [1.82, 2.24) is 14.4 Å². The molecule has 4 rings (SSSR count). The third-order valence-electron chi connectivity index (χ3n) is 5.38. The minimum absolute atomic E-state index is 0.0137. The first-order valence-corrected chi connectivity index (χ1v) is 11.7. The number of pyridine rings is 1. The van der Waals surface area contributed by atoms with Crippen molar-refractivity contribution in [2.45, 2.75) is 25.7 Å². The fourth-order valence-electron chi connectivity index (χ4n) is 3.64. The number of hydrogen-bond donors (Lipinski definition) is 1. The minimum Gasteiger partial charge on any atom is -0.495 e. The second kappa shape index (κ2) is 8.58. The molecule has 0 bridgehead atoms. The summed E-state index contributed by atoms with van der Waals surface area (Å²) < 4.78 is 42.6. The van der Waals surface area contributed by atoms with Gasteiger partial charge >= 0.3 is 0 Å². The molecule has 1 N–H and O–H groups in total. The van der Waals surface area contributed by atoms with Crippen molar-refractivity contribution < 1.29 is 26.9 Å². The van der Waals surface area contributed by atoms with Crippen LogP contribution in [0.4, 0.5) is 5.69 Å². The highest BCUT2D eigenvalue weighted by atomic mass is 32.2. The standard InChI is InChI=1S/C23H24N4O6S/c1-12-9-16(14(3)32-12)18-11-17(21-13(2)26-33-23(21)25-18)22(28)24-19-10-15(7-8-20(19)31-6)34(29,30)27(4)5/h7-11H,1-6H3,(H,24,28). The van der Waals surface area contributed by atoms with Gasteiger partial charge in [0, 0.05) is 19.7 Å². The van der Waals surface area contributed by atoms with Gasteiger partial charge in [-0.05, 0) is 51.1 Å². The largest absolute Gasteiger partial charge is 0.495 e. The van der Waals surface area contributed by atoms with E-state index < -0.39 is 15.9 Å². The molecule has 0 radical (unpaired) electrons. The number of aryl methyl sites for hydroxylation is 3. The zero-order valence-electron chi connectivity index (χ0n) is 19.6. The number of benzene rings is 1. The quantitative estimate of drug-likeness (QED) is 0.436. The van der Waals surface area contributed by atoms with Crippen molar-refractivity contribution in [3.8, 4) is 17.0 Å². The normalized spacial score (nSPS) is 11.9. The number of nitrogens with one attached hydrogen (secondary N) is 1. The number of carbonyl (C=O) groups excluding carboxylic acids is 1. The summed E-state index contributed by atoms with van der Waals surface area (Å²) in [6.45, 7) is 5.34. The molecule has 0 saturated heterocycles. The summed E-state index contributed by atoms with van der Waals surface area (Å²) in [7, 11) is 0.575. The summed E-state index contributed by atoms with van der Waals surface area (Å²) >= 11 is 0. The van der Waals surface area contributed by atoms with Crippen LogP contribution in [0, 0.1) is 20.8 Å². The Kier molecular flexibility index (Phi) is 5.92. The smallest absolute Gasteiger partial charge is 0.259 e. The molecule has 0 atom stereocenters. The Hall–Kier alpha value is -3.70. The van der Waals surface area contributed by atoms with Gasteiger partial charge in [-0.2, -0.15) is 0 Å². The molecule has 0 aliphatic heterocycles. The third-order valence-corrected chi connectivity index (χ3v) is 7.19. The van der Waals surface area contributed by atoms with E-state index in [1.54, 1.807) is 19.9 Å². The van der Waals surface area contributed by atoms with Crippen molar-refractivity contribution in [1.29, 1.82) is 0 Å². The van der Waals surface area contributed by atoms with Gasteiger partial charge in [0.05, 0.1) is 40.0 Å². The Morgan fingerprint density at radius 3 is 2.47 bits per heavy atom. The summed E-state index contributed by atoms with van der Waals surface area (Å²) in [5, 5.41) is 7.18. The van der Waals surface area contributed by atoms with Crippen LogP contribution < -0.4 is 10.1 Å². The van der Waals surface area contributed by atoms with Crippen molar-refractivity contribution in [2.75, 3.05) is 26.5 Å². The number of hydrogen-bond acceptors (Lipinski definition) is 8. The average molecular weight is 485 g/mol. The lowest BCUT2D eigenvalue weighted by Gasteiger charge is -2.15. The summed E-state index contributed by atoms with van der Waals surface area (Å²) in [6, 6.07) is 7.72. The van der Waals surface area contributed by atoms with Gasteiger partial charge in [0.2, 0.25) is 10.0 Å². The maximum absolute atomic E-state index is 13.5. The Morgan fingerprint density at radius 2 is 1.85 bits per heavy atom. The number of aromatic nitrogens is 2. The Balaban J connectivity index is 1.82. The first-order valence-electron chi connectivity index (χ1n) is 10.3. The highest BCUT2D eigenvalue weighted by Gasteiger charge is 2.24. The number of methoxy groups -OCH3 is 1. The fraction of sp³-hybridized carbons (Fsp3) is 0.261. The molecule has 0 unspecified atom stereocenters. The number of amides is 1. The van der Waals surface area contributed by atoms with Crippen LogP contribution in [-0.4, -0.2) is 50.0 Å². The molecule has 34 heavy (non-hydrogen) atoms. The first kappa shape index (κ1) is 23.5. The summed E-state index contributed by atoms with van der Waals surface area (Å²) in [6.07, 6.45) is 0. The summed E-state index contributed by atoms with van der Waals surface area (Å²) in [5.74, 6) is 1.16. The molecular weight excluding hydrogens is 460 g/mol. The zero-order chi connectivity index (χ0) is 24.8. The van der Waals surface area contributed by atoms with Crippen LogP contribution in [0.15, 0.2) is 44.2 Å². The van der Waals surface area contributed by atoms with Crippen molar-refractivity contribution >= 4 is 32.7 Å². The van der Waals surface area contributed by atoms with Crippen LogP contribution in [0.25, 0.3) is 22.4 Å². The highest BCUT2D eigenvalue weighted by molar-refractivity contribution is 7.89. The molecule has 0 fully saturated rings. The summed E-state index contributed by atoms with van der Waals surface area (Å²) in [4.78, 5) is 18.0. The van der Waals surface area contributed by atoms with Gasteiger partial charge < -0.3 is 19.0 Å². The molecule has 11 heteroatoms. The number of ether oxygens (including phenoxy) is 1. The zero-order valence-corrected chi connectivity index (χ0v) is 20.4. The van der Waals surface area contributed by atoms with Gasteiger partial charge in [-0.3, -0.25) is 4.79 Å². The van der Waals surface area contributed by atoms with Crippen LogP contribution in [0.3, 0.4) is 0 Å². The molecule has 1 amide bonds. The highest BCUT2D eigenvalue weighted by Crippen LogP contribution is 2.33. The Labute approximate surface area is 196 Å². The number of nitrogens with zero attached hydrogens (tertiary/aromatic N) is 3. The molecule has 3 heterocycles. The second-order valence-corrected chi connectivity index (χ2v) is 10.1. The Morgan fingerprint density at radius 1 is 1.12 bits per heavy atom. The Bertz CT molecular complexity index is 1520. The van der Waals surface area contributed by atoms with E-state index in [4.69, 9.17) is 13.7 Å². The molecule has 1 aromatic carbocycles. The third kappa shape index (κ3) is 4.03. The van der Waals surface area contributed by atoms with E-state index in [9.17, 15) is 13.2 Å². The van der Waals surface area contributed by atoms with Crippen LogP contribution >= 0.6 is 0 Å². The van der Waals surface area contributed by atoms with E-state index in [0.29, 0.717) is 34.0 Å². The van der Waals surface area contributed by atoms with E-state index in [2.05, 4.69) is 15.5 Å². The molecule has 0 aliphatic rings. The van der Waals surface area contributed by atoms with Crippen LogP contribution in [0.5, 0.6) is 5.75 Å². The molecule has 3 aromatic heterocycles. The maximum Gasteiger partial charge on any atom is 0.259 e. The molecular formula is C23H24N4O6S. The van der Waals surface area contributed by atoms with Gasteiger partial charge in [-0.15, -0.1) is 0 Å². The van der Waals surface area contributed by atoms with E-state index >= 15 is 0 Å². The predicted octanol–water partition coefficient (Wildman–Crippen LogP) is 3.92. The van der Waals surface area contributed by atoms with Crippen LogP contribution in [0.2, 0.25) is 0 Å². The van der Waals surface area contributed by atoms with Crippen molar-refractivity contribution in [3.63, 3.8) is 0 Å². The molecule has 178 valence electrons. The van der Waals surface area contributed by atoms with Gasteiger partial charge in [0.25, 0.3) is 11.6 Å². The number of fused-ring (bicyclic) bond motifs is 1. The van der Waals surface area contributed by atoms with E-state index in [-0.39, 0.29) is 21.9 Å². The fourth-order valence-corrected chi connectivity index (χ4v) is 4.57. The van der Waals surface area contributed by atoms with Crippen molar-refractivity contribution in [3.05, 3.63) is 53.1 Å². The number of furan rings is 1. The lowest BCUT2D eigenvalue weighted by atomic mass is 10.1. The summed E-state index contributed by atoms with van der Waals surface area (Å²) in [5.41, 5.74) is 2.37. The lowest BCUT2D eigenvalue weighted by molar-refractivity contribution is 0.102. The number of rotatable bonds is 6. The molecule has 0 spiro atoms. The molecule has 0 aliphatic carbocycles. The maximum atomic E-state index is 13.5. The molecule has 4 aromatic rings. The molecule has 10 nitrogen and oxygen atoms in total. The topological polar surface area (TPSA) is 128 Å². The SMILES string of the molecule is COc1ccc(S(=O)(=O)N(C)C)cc1NC(=O)c1cc(-c2cc(C)oc2C)nc2onc(C)c12. The second-order valence-electron chi connectivity index (χ2n) is 7.93. The lowest BCUT2D eigenvalue weighted by Crippen LogP contribution is -2.22. The monoisotopic (exact) mass is 484 g/mol. The first-order chi connectivity index (χ1) is 16.0. The predicted molar refractivity (Wildman–Crippen MR) is 126 cm³/mol. The average Bonchev–Trinajstić information content (AvgIpc) is 3.33. The van der Waals surface area contributed by atoms with Crippen molar-refractivity contribution in [2.24, 2.45) is 0 Å². The van der Waals surface area contributed by atoms with Gasteiger partial charge in [-0.25, -0.2) is 17.7 Å². The van der Waals surface area contributed by atoms with Gasteiger partial charge in [-0.1, -0.05) is 5.16 Å². The number of carbonyl (C=O) groups is 1. The number of anilines is 1. The van der Waals surface area contributed by atoms with Crippen LogP contribution in [-0.2, 0) is 10.0 Å². The minimum atomic E-state index is -3.72. The van der Waals surface area contributed by atoms with E-state index in [1.807, 2.05) is 13.0 Å². The number of sulfonamides is 1.